The van der Waals surface area contributed by atoms with Gasteiger partial charge in [0.1, 0.15) is 5.03 Å². The van der Waals surface area contributed by atoms with Gasteiger partial charge in [0, 0.05) is 17.0 Å². The summed E-state index contributed by atoms with van der Waals surface area (Å²) in [5.74, 6) is 0. The maximum Gasteiger partial charge on any atom is 0.269 e. The normalized spacial score (nSPS) is 17.7. The molecule has 0 spiro atoms. The van der Waals surface area contributed by atoms with Gasteiger partial charge >= 0.3 is 0 Å². The molecule has 0 unspecified atom stereocenters. The van der Waals surface area contributed by atoms with Crippen LogP contribution in [-0.2, 0) is 4.79 Å². The Morgan fingerprint density at radius 3 is 2.22 bits per heavy atom. The number of benzene rings is 1. The molecule has 2 rings (SSSR count). The van der Waals surface area contributed by atoms with E-state index in [1.807, 2.05) is 0 Å². The Hall–Kier alpha value is -1.30. The second-order valence-corrected chi connectivity index (χ2v) is 5.15. The number of carbonyl (C=O) groups excluding carboxylic acids is 1. The second-order valence-electron chi connectivity index (χ2n) is 3.37. The summed E-state index contributed by atoms with van der Waals surface area (Å²) in [4.78, 5) is 21.8. The lowest BCUT2D eigenvalue weighted by molar-refractivity contribution is -0.384. The molecule has 4 nitrogen and oxygen atoms in total. The van der Waals surface area contributed by atoms with Gasteiger partial charge < -0.3 is 0 Å². The number of non-ortho nitro benzene ring substituents is 1. The largest absolute Gasteiger partial charge is 0.280 e. The SMILES string of the molecule is O=C1S/C(=C\c2ccc([N+](=O)[O-])cc2)C(Cl)=C1Cl. The lowest BCUT2D eigenvalue weighted by Gasteiger charge is -1.97. The Bertz CT molecular complexity index is 593. The molecule has 1 aromatic rings. The number of nitrogens with zero attached hydrogens (tertiary/aromatic N) is 1. The molecule has 0 bridgehead atoms. The number of hydrogen-bond acceptors (Lipinski definition) is 4. The number of halogens is 2. The molecule has 0 saturated carbocycles. The third-order valence-corrected chi connectivity index (χ3v) is 4.20. The van der Waals surface area contributed by atoms with E-state index in [-0.39, 0.29) is 20.9 Å². The second kappa shape index (κ2) is 5.14. The van der Waals surface area contributed by atoms with Gasteiger partial charge in [-0.25, -0.2) is 0 Å². The number of nitro groups is 1. The standard InChI is InChI=1S/C11H5Cl2NO3S/c12-9-8(18-11(15)10(9)13)5-6-1-3-7(4-2-6)14(16)17/h1-5H/b8-5-. The summed E-state index contributed by atoms with van der Waals surface area (Å²) in [6, 6.07) is 5.92. The summed E-state index contributed by atoms with van der Waals surface area (Å²) in [5.41, 5.74) is 0.715. The van der Waals surface area contributed by atoms with Crippen molar-refractivity contribution in [3.8, 4) is 0 Å². The minimum absolute atomic E-state index is 0.00646. The van der Waals surface area contributed by atoms with Crippen molar-refractivity contribution in [1.82, 2.24) is 0 Å². The van der Waals surface area contributed by atoms with Crippen LogP contribution in [0.1, 0.15) is 5.56 Å². The summed E-state index contributed by atoms with van der Waals surface area (Å²) < 4.78 is 0. The van der Waals surface area contributed by atoms with Crippen molar-refractivity contribution < 1.29 is 9.72 Å². The van der Waals surface area contributed by atoms with Crippen LogP contribution in [0.25, 0.3) is 6.08 Å². The van der Waals surface area contributed by atoms with Crippen molar-refractivity contribution in [3.63, 3.8) is 0 Å². The van der Waals surface area contributed by atoms with Gasteiger partial charge in [0.15, 0.2) is 0 Å². The van der Waals surface area contributed by atoms with E-state index in [0.717, 1.165) is 11.8 Å². The topological polar surface area (TPSA) is 60.2 Å². The predicted molar refractivity (Wildman–Crippen MR) is 72.4 cm³/mol. The van der Waals surface area contributed by atoms with Gasteiger partial charge in [0.25, 0.3) is 5.69 Å². The zero-order chi connectivity index (χ0) is 13.3. The molecule has 0 aliphatic carbocycles. The van der Waals surface area contributed by atoms with Crippen LogP contribution in [0.15, 0.2) is 39.2 Å². The number of thioether (sulfide) groups is 1. The molecule has 1 aromatic carbocycles. The van der Waals surface area contributed by atoms with Gasteiger partial charge in [-0.15, -0.1) is 0 Å². The summed E-state index contributed by atoms with van der Waals surface area (Å²) in [6.45, 7) is 0. The van der Waals surface area contributed by atoms with Crippen molar-refractivity contribution in [3.05, 3.63) is 54.9 Å². The maximum absolute atomic E-state index is 11.3. The van der Waals surface area contributed by atoms with Gasteiger partial charge in [-0.1, -0.05) is 23.2 Å². The lowest BCUT2D eigenvalue weighted by Crippen LogP contribution is -1.86. The Morgan fingerprint density at radius 2 is 1.78 bits per heavy atom. The van der Waals surface area contributed by atoms with E-state index in [9.17, 15) is 14.9 Å². The van der Waals surface area contributed by atoms with Crippen molar-refractivity contribution >= 4 is 51.8 Å². The summed E-state index contributed by atoms with van der Waals surface area (Å²) in [5, 5.41) is 10.4. The molecule has 1 aliphatic rings. The molecule has 0 atom stereocenters. The van der Waals surface area contributed by atoms with E-state index < -0.39 is 4.92 Å². The van der Waals surface area contributed by atoms with Gasteiger partial charge in [-0.2, -0.15) is 0 Å². The summed E-state index contributed by atoms with van der Waals surface area (Å²) in [6.07, 6.45) is 1.66. The predicted octanol–water partition coefficient (Wildman–Crippen LogP) is 3.90. The van der Waals surface area contributed by atoms with Crippen molar-refractivity contribution in [1.29, 1.82) is 0 Å². The minimum atomic E-state index is -0.478. The van der Waals surface area contributed by atoms with Crippen LogP contribution in [0.2, 0.25) is 0 Å². The summed E-state index contributed by atoms with van der Waals surface area (Å²) >= 11 is 12.5. The Labute approximate surface area is 116 Å². The van der Waals surface area contributed by atoms with Gasteiger partial charge in [0.05, 0.1) is 9.96 Å². The van der Waals surface area contributed by atoms with Crippen LogP contribution in [0, 0.1) is 10.1 Å². The molecule has 1 heterocycles. The van der Waals surface area contributed by atoms with Crippen molar-refractivity contribution in [2.75, 3.05) is 0 Å². The molecule has 0 radical (unpaired) electrons. The third kappa shape index (κ3) is 2.58. The fraction of sp³-hybridized carbons (Fsp3) is 0. The fourth-order valence-electron chi connectivity index (χ4n) is 1.32. The van der Waals surface area contributed by atoms with Crippen LogP contribution in [0.3, 0.4) is 0 Å². The smallest absolute Gasteiger partial charge is 0.269 e. The lowest BCUT2D eigenvalue weighted by atomic mass is 10.2. The molecular formula is C11H5Cl2NO3S. The molecule has 1 aliphatic heterocycles. The van der Waals surface area contributed by atoms with Crippen molar-refractivity contribution in [2.24, 2.45) is 0 Å². The number of rotatable bonds is 2. The molecule has 0 saturated heterocycles. The molecule has 7 heteroatoms. The van der Waals surface area contributed by atoms with Crippen LogP contribution in [-0.4, -0.2) is 10.0 Å². The molecular weight excluding hydrogens is 297 g/mol. The number of carbonyl (C=O) groups is 1. The molecule has 0 fully saturated rings. The zero-order valence-electron chi connectivity index (χ0n) is 8.72. The van der Waals surface area contributed by atoms with Crippen LogP contribution in [0.5, 0.6) is 0 Å². The molecule has 92 valence electrons. The highest BCUT2D eigenvalue weighted by molar-refractivity contribution is 8.18. The van der Waals surface area contributed by atoms with Crippen LogP contribution < -0.4 is 0 Å². The zero-order valence-corrected chi connectivity index (χ0v) is 11.1. The Morgan fingerprint density at radius 1 is 1.17 bits per heavy atom. The highest BCUT2D eigenvalue weighted by Gasteiger charge is 2.26. The van der Waals surface area contributed by atoms with Gasteiger partial charge in [0.2, 0.25) is 5.12 Å². The first-order valence-corrected chi connectivity index (χ1v) is 6.30. The summed E-state index contributed by atoms with van der Waals surface area (Å²) in [7, 11) is 0. The third-order valence-electron chi connectivity index (χ3n) is 2.19. The molecule has 0 N–H and O–H groups in total. The molecule has 18 heavy (non-hydrogen) atoms. The van der Waals surface area contributed by atoms with E-state index in [0.29, 0.717) is 10.5 Å². The number of nitro benzene ring substituents is 1. The molecule has 0 amide bonds. The first-order valence-electron chi connectivity index (χ1n) is 4.73. The average molecular weight is 302 g/mol. The van der Waals surface area contributed by atoms with Crippen LogP contribution >= 0.6 is 35.0 Å². The Kier molecular flexibility index (Phi) is 3.75. The highest BCUT2D eigenvalue weighted by Crippen LogP contribution is 2.42. The van der Waals surface area contributed by atoms with E-state index in [2.05, 4.69) is 0 Å². The highest BCUT2D eigenvalue weighted by atomic mass is 35.5. The first-order chi connectivity index (χ1) is 8.49. The monoisotopic (exact) mass is 301 g/mol. The first kappa shape index (κ1) is 13.1. The van der Waals surface area contributed by atoms with Gasteiger partial charge in [-0.05, 0) is 35.5 Å². The van der Waals surface area contributed by atoms with E-state index in [4.69, 9.17) is 23.2 Å². The Balaban J connectivity index is 2.30. The maximum atomic E-state index is 11.3. The number of hydrogen-bond donors (Lipinski definition) is 0. The fourth-order valence-corrected chi connectivity index (χ4v) is 2.69. The molecule has 0 aromatic heterocycles. The minimum Gasteiger partial charge on any atom is -0.280 e. The van der Waals surface area contributed by atoms with Gasteiger partial charge in [-0.3, -0.25) is 14.9 Å². The van der Waals surface area contributed by atoms with E-state index >= 15 is 0 Å². The average Bonchev–Trinajstić information content (AvgIpc) is 2.58. The van der Waals surface area contributed by atoms with Crippen molar-refractivity contribution in [2.45, 2.75) is 0 Å². The number of allylic oxidation sites excluding steroid dienone is 1. The van der Waals surface area contributed by atoms with E-state index in [1.165, 1.54) is 12.1 Å². The van der Waals surface area contributed by atoms with Crippen LogP contribution in [0.4, 0.5) is 5.69 Å². The van der Waals surface area contributed by atoms with E-state index in [1.54, 1.807) is 18.2 Å². The quantitative estimate of drug-likeness (QED) is 0.614.